The van der Waals surface area contributed by atoms with Gasteiger partial charge in [-0.15, -0.1) is 0 Å². The maximum absolute atomic E-state index is 13.0. The molecule has 0 radical (unpaired) electrons. The fourth-order valence-electron chi connectivity index (χ4n) is 4.71. The van der Waals surface area contributed by atoms with Crippen LogP contribution in [0.2, 0.25) is 0 Å². The van der Waals surface area contributed by atoms with Crippen molar-refractivity contribution in [1.82, 2.24) is 10.1 Å². The van der Waals surface area contributed by atoms with E-state index in [0.29, 0.717) is 29.4 Å². The highest BCUT2D eigenvalue weighted by molar-refractivity contribution is 6.03. The van der Waals surface area contributed by atoms with Crippen LogP contribution in [0.4, 0.5) is 5.69 Å². The van der Waals surface area contributed by atoms with Crippen LogP contribution in [0.5, 0.6) is 11.5 Å². The molecule has 2 amide bonds. The lowest BCUT2D eigenvalue weighted by Gasteiger charge is -2.35. The molecule has 32 heavy (non-hydrogen) atoms. The van der Waals surface area contributed by atoms with Crippen LogP contribution in [0.15, 0.2) is 28.8 Å². The average molecular weight is 442 g/mol. The summed E-state index contributed by atoms with van der Waals surface area (Å²) in [6.07, 6.45) is 7.38. The number of nitrogens with one attached hydrogen (secondary N) is 1. The van der Waals surface area contributed by atoms with Crippen LogP contribution < -0.4 is 14.8 Å². The van der Waals surface area contributed by atoms with E-state index in [2.05, 4.69) is 10.5 Å². The molecule has 1 aromatic heterocycles. The Morgan fingerprint density at radius 2 is 1.88 bits per heavy atom. The van der Waals surface area contributed by atoms with Gasteiger partial charge >= 0.3 is 0 Å². The van der Waals surface area contributed by atoms with E-state index in [1.807, 2.05) is 4.90 Å². The number of amides is 2. The van der Waals surface area contributed by atoms with Gasteiger partial charge in [-0.25, -0.2) is 0 Å². The maximum atomic E-state index is 13.0. The van der Waals surface area contributed by atoms with E-state index in [-0.39, 0.29) is 23.5 Å². The van der Waals surface area contributed by atoms with Crippen LogP contribution in [0.3, 0.4) is 0 Å². The molecular weight excluding hydrogens is 410 g/mol. The minimum absolute atomic E-state index is 0.0768. The zero-order valence-electron chi connectivity index (χ0n) is 18.8. The van der Waals surface area contributed by atoms with E-state index in [9.17, 15) is 9.59 Å². The van der Waals surface area contributed by atoms with Gasteiger partial charge in [-0.05, 0) is 37.8 Å². The Kier molecular flexibility index (Phi) is 6.97. The van der Waals surface area contributed by atoms with E-state index in [4.69, 9.17) is 14.0 Å². The van der Waals surface area contributed by atoms with Gasteiger partial charge in [0.1, 0.15) is 11.5 Å². The molecule has 1 aliphatic heterocycles. The minimum Gasteiger partial charge on any atom is -0.497 e. The largest absolute Gasteiger partial charge is 0.497 e. The summed E-state index contributed by atoms with van der Waals surface area (Å²) in [6, 6.07) is 6.84. The molecule has 1 aromatic carbocycles. The number of benzene rings is 1. The molecule has 2 aromatic rings. The van der Waals surface area contributed by atoms with Crippen molar-refractivity contribution in [3.63, 3.8) is 0 Å². The topological polar surface area (TPSA) is 93.9 Å². The highest BCUT2D eigenvalue weighted by atomic mass is 16.5. The molecular formula is C24H31N3O5. The van der Waals surface area contributed by atoms with Crippen molar-refractivity contribution in [2.75, 3.05) is 32.6 Å². The maximum Gasteiger partial charge on any atom is 0.294 e. The third kappa shape index (κ3) is 4.89. The lowest BCUT2D eigenvalue weighted by atomic mass is 9.87. The van der Waals surface area contributed by atoms with Crippen molar-refractivity contribution in [1.29, 1.82) is 0 Å². The predicted molar refractivity (Wildman–Crippen MR) is 119 cm³/mol. The number of ether oxygens (including phenoxy) is 2. The zero-order valence-corrected chi connectivity index (χ0v) is 18.8. The molecule has 2 heterocycles. The smallest absolute Gasteiger partial charge is 0.294 e. The summed E-state index contributed by atoms with van der Waals surface area (Å²) in [7, 11) is 3.09. The van der Waals surface area contributed by atoms with Gasteiger partial charge in [0.2, 0.25) is 11.7 Å². The number of carbonyl (C=O) groups is 2. The van der Waals surface area contributed by atoms with Gasteiger partial charge in [0.15, 0.2) is 0 Å². The number of rotatable bonds is 6. The Morgan fingerprint density at radius 3 is 2.62 bits per heavy atom. The highest BCUT2D eigenvalue weighted by Gasteiger charge is 2.31. The number of nitrogens with zero attached hydrogens (tertiary/aromatic N) is 2. The standard InChI is InChI=1S/C24H31N3O5/c1-30-18-10-11-21(31-2)20(13-18)25-23(28)22-14-19(26-32-22)17-9-6-12-27(15-17)24(29)16-7-4-3-5-8-16/h10-11,13-14,16-17H,3-9,12,15H2,1-2H3,(H,25,28). The monoisotopic (exact) mass is 441 g/mol. The lowest BCUT2D eigenvalue weighted by Crippen LogP contribution is -2.42. The summed E-state index contributed by atoms with van der Waals surface area (Å²) >= 11 is 0. The first-order valence-electron chi connectivity index (χ1n) is 11.4. The van der Waals surface area contributed by atoms with Crippen LogP contribution in [0.1, 0.15) is 67.1 Å². The van der Waals surface area contributed by atoms with Gasteiger partial charge in [-0.1, -0.05) is 24.4 Å². The van der Waals surface area contributed by atoms with Gasteiger partial charge in [0.05, 0.1) is 25.6 Å². The fourth-order valence-corrected chi connectivity index (χ4v) is 4.71. The molecule has 1 saturated heterocycles. The Labute approximate surface area is 188 Å². The number of likely N-dealkylation sites (tertiary alicyclic amines) is 1. The van der Waals surface area contributed by atoms with Crippen LogP contribution >= 0.6 is 0 Å². The minimum atomic E-state index is -0.416. The molecule has 0 spiro atoms. The molecule has 8 nitrogen and oxygen atoms in total. The number of carbonyl (C=O) groups excluding carboxylic acids is 2. The summed E-state index contributed by atoms with van der Waals surface area (Å²) in [6.45, 7) is 1.43. The second-order valence-corrected chi connectivity index (χ2v) is 8.59. The lowest BCUT2D eigenvalue weighted by molar-refractivity contribution is -0.137. The molecule has 0 bridgehead atoms. The Hall–Kier alpha value is -3.03. The summed E-state index contributed by atoms with van der Waals surface area (Å²) in [5, 5.41) is 6.95. The van der Waals surface area contributed by atoms with E-state index in [1.165, 1.54) is 13.5 Å². The molecule has 1 atom stereocenters. The Morgan fingerprint density at radius 1 is 1.06 bits per heavy atom. The quantitative estimate of drug-likeness (QED) is 0.721. The molecule has 1 unspecified atom stereocenters. The van der Waals surface area contributed by atoms with Gasteiger partial charge in [0, 0.05) is 37.1 Å². The van der Waals surface area contributed by atoms with Crippen LogP contribution in [-0.2, 0) is 4.79 Å². The molecule has 1 aliphatic carbocycles. The first kappa shape index (κ1) is 22.2. The molecule has 1 saturated carbocycles. The Bertz CT molecular complexity index is 951. The summed E-state index contributed by atoms with van der Waals surface area (Å²) in [5.74, 6) is 1.35. The van der Waals surface area contributed by atoms with Crippen molar-refractivity contribution < 1.29 is 23.6 Å². The molecule has 4 rings (SSSR count). The second kappa shape index (κ2) is 10.1. The normalized spacial score (nSPS) is 19.4. The molecule has 8 heteroatoms. The molecule has 172 valence electrons. The van der Waals surface area contributed by atoms with Crippen molar-refractivity contribution in [2.24, 2.45) is 5.92 Å². The van der Waals surface area contributed by atoms with Gasteiger partial charge < -0.3 is 24.2 Å². The first-order chi connectivity index (χ1) is 15.6. The van der Waals surface area contributed by atoms with Crippen LogP contribution in [0, 0.1) is 5.92 Å². The number of hydrogen-bond acceptors (Lipinski definition) is 6. The number of piperidine rings is 1. The number of anilines is 1. The van der Waals surface area contributed by atoms with E-state index in [1.54, 1.807) is 31.4 Å². The fraction of sp³-hybridized carbons (Fsp3) is 0.542. The summed E-state index contributed by atoms with van der Waals surface area (Å²) < 4.78 is 15.9. The highest BCUT2D eigenvalue weighted by Crippen LogP contribution is 2.32. The second-order valence-electron chi connectivity index (χ2n) is 8.59. The van der Waals surface area contributed by atoms with Gasteiger partial charge in [0.25, 0.3) is 5.91 Å². The number of hydrogen-bond donors (Lipinski definition) is 1. The zero-order chi connectivity index (χ0) is 22.5. The predicted octanol–water partition coefficient (Wildman–Crippen LogP) is 4.23. The van der Waals surface area contributed by atoms with Crippen molar-refractivity contribution in [3.05, 3.63) is 35.7 Å². The number of aromatic nitrogens is 1. The van der Waals surface area contributed by atoms with Gasteiger partial charge in [-0.2, -0.15) is 0 Å². The molecule has 1 N–H and O–H groups in total. The van der Waals surface area contributed by atoms with E-state index >= 15 is 0 Å². The third-order valence-electron chi connectivity index (χ3n) is 6.51. The van der Waals surface area contributed by atoms with Crippen molar-refractivity contribution in [3.8, 4) is 11.5 Å². The molecule has 2 fully saturated rings. The van der Waals surface area contributed by atoms with E-state index in [0.717, 1.165) is 45.1 Å². The number of methoxy groups -OCH3 is 2. The van der Waals surface area contributed by atoms with Crippen LogP contribution in [-0.4, -0.2) is 49.2 Å². The third-order valence-corrected chi connectivity index (χ3v) is 6.51. The summed E-state index contributed by atoms with van der Waals surface area (Å²) in [5.41, 5.74) is 1.20. The Balaban J connectivity index is 1.42. The average Bonchev–Trinajstić information content (AvgIpc) is 3.35. The first-order valence-corrected chi connectivity index (χ1v) is 11.4. The van der Waals surface area contributed by atoms with E-state index < -0.39 is 5.91 Å². The van der Waals surface area contributed by atoms with Crippen molar-refractivity contribution >= 4 is 17.5 Å². The SMILES string of the molecule is COc1ccc(OC)c(NC(=O)c2cc(C3CCCN(C(=O)C4CCCCC4)C3)no2)c1. The van der Waals surface area contributed by atoms with Crippen LogP contribution in [0.25, 0.3) is 0 Å². The molecule has 2 aliphatic rings. The van der Waals surface area contributed by atoms with Gasteiger partial charge in [-0.3, -0.25) is 9.59 Å². The summed E-state index contributed by atoms with van der Waals surface area (Å²) in [4.78, 5) is 27.7. The van der Waals surface area contributed by atoms with Crippen molar-refractivity contribution in [2.45, 2.75) is 50.9 Å².